The van der Waals surface area contributed by atoms with E-state index in [9.17, 15) is 9.59 Å². The molecule has 0 radical (unpaired) electrons. The molecule has 0 spiro atoms. The average molecular weight is 329 g/mol. The molecular weight excluding hydrogens is 310 g/mol. The van der Waals surface area contributed by atoms with Crippen molar-refractivity contribution in [3.63, 3.8) is 0 Å². The molecule has 0 fully saturated rings. The fraction of sp³-hybridized carbons (Fsp3) is 0.353. The quantitative estimate of drug-likeness (QED) is 0.860. The Hall–Kier alpha value is -2.83. The standard InChI is InChI=1S/C17H19N3O4/c1-11-13(9-18-20(11)2)17(22)24-10-16(21)19-14-7-8-23-15-6-4-3-5-12(14)15/h3-6,9,14H,7-8,10H2,1-2H3,(H,19,21). The Morgan fingerprint density at radius 3 is 2.96 bits per heavy atom. The summed E-state index contributed by atoms with van der Waals surface area (Å²) < 4.78 is 12.2. The fourth-order valence-electron chi connectivity index (χ4n) is 2.64. The molecule has 2 heterocycles. The van der Waals surface area contributed by atoms with E-state index < -0.39 is 5.97 Å². The van der Waals surface area contributed by atoms with Gasteiger partial charge in [-0.15, -0.1) is 0 Å². The molecule has 0 saturated carbocycles. The number of para-hydroxylation sites is 1. The second-order valence-corrected chi connectivity index (χ2v) is 5.64. The third kappa shape index (κ3) is 3.24. The van der Waals surface area contributed by atoms with Gasteiger partial charge in [0.15, 0.2) is 6.61 Å². The molecule has 0 aliphatic carbocycles. The largest absolute Gasteiger partial charge is 0.493 e. The summed E-state index contributed by atoms with van der Waals surface area (Å²) >= 11 is 0. The van der Waals surface area contributed by atoms with E-state index in [1.54, 1.807) is 18.7 Å². The number of carbonyl (C=O) groups excluding carboxylic acids is 2. The molecular formula is C17H19N3O4. The third-order valence-electron chi connectivity index (χ3n) is 4.08. The van der Waals surface area contributed by atoms with Crippen LogP contribution in [0.2, 0.25) is 0 Å². The summed E-state index contributed by atoms with van der Waals surface area (Å²) in [5, 5.41) is 6.87. The third-order valence-corrected chi connectivity index (χ3v) is 4.08. The molecule has 24 heavy (non-hydrogen) atoms. The minimum Gasteiger partial charge on any atom is -0.493 e. The molecule has 7 nitrogen and oxygen atoms in total. The van der Waals surface area contributed by atoms with Crippen LogP contribution in [0.3, 0.4) is 0 Å². The van der Waals surface area contributed by atoms with Gasteiger partial charge >= 0.3 is 5.97 Å². The summed E-state index contributed by atoms with van der Waals surface area (Å²) in [5.74, 6) is -0.119. The van der Waals surface area contributed by atoms with Crippen LogP contribution in [0.4, 0.5) is 0 Å². The Morgan fingerprint density at radius 2 is 2.21 bits per heavy atom. The van der Waals surface area contributed by atoms with Gasteiger partial charge in [-0.05, 0) is 13.0 Å². The van der Waals surface area contributed by atoms with E-state index in [0.717, 1.165) is 11.3 Å². The van der Waals surface area contributed by atoms with Gasteiger partial charge in [-0.3, -0.25) is 9.48 Å². The summed E-state index contributed by atoms with van der Waals surface area (Å²) in [7, 11) is 1.74. The first-order valence-electron chi connectivity index (χ1n) is 7.73. The lowest BCUT2D eigenvalue weighted by molar-refractivity contribution is -0.125. The van der Waals surface area contributed by atoms with Gasteiger partial charge in [0.2, 0.25) is 0 Å². The van der Waals surface area contributed by atoms with Gasteiger partial charge in [0.25, 0.3) is 5.91 Å². The van der Waals surface area contributed by atoms with Crippen LogP contribution in [0, 0.1) is 6.92 Å². The van der Waals surface area contributed by atoms with E-state index in [4.69, 9.17) is 9.47 Å². The highest BCUT2D eigenvalue weighted by Gasteiger charge is 2.23. The molecule has 1 aromatic heterocycles. The number of hydrogen-bond acceptors (Lipinski definition) is 5. The highest BCUT2D eigenvalue weighted by molar-refractivity contribution is 5.92. The second kappa shape index (κ2) is 6.74. The molecule has 1 unspecified atom stereocenters. The van der Waals surface area contributed by atoms with Crippen LogP contribution < -0.4 is 10.1 Å². The van der Waals surface area contributed by atoms with E-state index in [1.165, 1.54) is 6.20 Å². The lowest BCUT2D eigenvalue weighted by Gasteiger charge is -2.26. The maximum Gasteiger partial charge on any atom is 0.342 e. The number of esters is 1. The molecule has 1 N–H and O–H groups in total. The monoisotopic (exact) mass is 329 g/mol. The highest BCUT2D eigenvalue weighted by Crippen LogP contribution is 2.31. The Bertz CT molecular complexity index is 769. The normalized spacial score (nSPS) is 16.0. The summed E-state index contributed by atoms with van der Waals surface area (Å²) in [5.41, 5.74) is 1.99. The van der Waals surface area contributed by atoms with Crippen LogP contribution in [-0.2, 0) is 16.6 Å². The van der Waals surface area contributed by atoms with Crippen molar-refractivity contribution >= 4 is 11.9 Å². The number of nitrogens with zero attached hydrogens (tertiary/aromatic N) is 2. The van der Waals surface area contributed by atoms with Crippen molar-refractivity contribution in [2.45, 2.75) is 19.4 Å². The van der Waals surface area contributed by atoms with Crippen molar-refractivity contribution < 1.29 is 19.1 Å². The number of aryl methyl sites for hydroxylation is 1. The molecule has 126 valence electrons. The van der Waals surface area contributed by atoms with Crippen LogP contribution in [0.5, 0.6) is 5.75 Å². The SMILES string of the molecule is Cc1c(C(=O)OCC(=O)NC2CCOc3ccccc32)cnn1C. The first kappa shape index (κ1) is 16.0. The van der Waals surface area contributed by atoms with Gasteiger partial charge in [0.05, 0.1) is 18.8 Å². The maximum absolute atomic E-state index is 12.1. The molecule has 1 atom stereocenters. The topological polar surface area (TPSA) is 82.5 Å². The van der Waals surface area contributed by atoms with E-state index in [0.29, 0.717) is 24.3 Å². The Morgan fingerprint density at radius 1 is 1.42 bits per heavy atom. The molecule has 1 aliphatic heterocycles. The van der Waals surface area contributed by atoms with Crippen molar-refractivity contribution in [3.05, 3.63) is 47.3 Å². The van der Waals surface area contributed by atoms with Gasteiger partial charge in [0.1, 0.15) is 11.3 Å². The number of hydrogen-bond donors (Lipinski definition) is 1. The first-order chi connectivity index (χ1) is 11.6. The molecule has 2 aromatic rings. The molecule has 0 saturated heterocycles. The lowest BCUT2D eigenvalue weighted by Crippen LogP contribution is -2.35. The van der Waals surface area contributed by atoms with Crippen molar-refractivity contribution in [2.75, 3.05) is 13.2 Å². The van der Waals surface area contributed by atoms with Gasteiger partial charge in [-0.25, -0.2) is 4.79 Å². The molecule has 3 rings (SSSR count). The van der Waals surface area contributed by atoms with Gasteiger partial charge < -0.3 is 14.8 Å². The minimum atomic E-state index is -0.553. The Kier molecular flexibility index (Phi) is 4.50. The van der Waals surface area contributed by atoms with Crippen LogP contribution in [0.1, 0.15) is 34.1 Å². The fourth-order valence-corrected chi connectivity index (χ4v) is 2.64. The van der Waals surface area contributed by atoms with Crippen molar-refractivity contribution in [1.82, 2.24) is 15.1 Å². The van der Waals surface area contributed by atoms with Crippen LogP contribution in [0.25, 0.3) is 0 Å². The number of nitrogens with one attached hydrogen (secondary N) is 1. The maximum atomic E-state index is 12.1. The number of benzene rings is 1. The summed E-state index contributed by atoms with van der Waals surface area (Å²) in [6.45, 7) is 1.98. The number of carbonyl (C=O) groups is 2. The number of amides is 1. The van der Waals surface area contributed by atoms with Crippen molar-refractivity contribution in [2.24, 2.45) is 7.05 Å². The van der Waals surface area contributed by atoms with Crippen LogP contribution in [0.15, 0.2) is 30.5 Å². The molecule has 1 aliphatic rings. The predicted molar refractivity (Wildman–Crippen MR) is 85.7 cm³/mol. The zero-order valence-corrected chi connectivity index (χ0v) is 13.6. The van der Waals surface area contributed by atoms with Crippen LogP contribution >= 0.6 is 0 Å². The molecule has 1 aromatic carbocycles. The molecule has 7 heteroatoms. The minimum absolute atomic E-state index is 0.138. The van der Waals surface area contributed by atoms with Crippen molar-refractivity contribution in [3.8, 4) is 5.75 Å². The number of rotatable bonds is 4. The second-order valence-electron chi connectivity index (χ2n) is 5.64. The zero-order valence-electron chi connectivity index (χ0n) is 13.6. The summed E-state index contributed by atoms with van der Waals surface area (Å²) in [6.07, 6.45) is 2.11. The summed E-state index contributed by atoms with van der Waals surface area (Å²) in [4.78, 5) is 24.1. The Balaban J connectivity index is 1.57. The van der Waals surface area contributed by atoms with Gasteiger partial charge in [0, 0.05) is 24.7 Å². The van der Waals surface area contributed by atoms with Crippen molar-refractivity contribution in [1.29, 1.82) is 0 Å². The number of fused-ring (bicyclic) bond motifs is 1. The lowest BCUT2D eigenvalue weighted by atomic mass is 10.0. The number of aromatic nitrogens is 2. The smallest absolute Gasteiger partial charge is 0.342 e. The van der Waals surface area contributed by atoms with E-state index >= 15 is 0 Å². The molecule has 1 amide bonds. The van der Waals surface area contributed by atoms with Crippen LogP contribution in [-0.4, -0.2) is 34.9 Å². The predicted octanol–water partition coefficient (Wildman–Crippen LogP) is 1.53. The Labute approximate surface area is 139 Å². The zero-order chi connectivity index (χ0) is 17.1. The summed E-state index contributed by atoms with van der Waals surface area (Å²) in [6, 6.07) is 7.45. The average Bonchev–Trinajstić information content (AvgIpc) is 2.92. The van der Waals surface area contributed by atoms with E-state index in [-0.39, 0.29) is 18.6 Å². The number of ether oxygens (including phenoxy) is 2. The highest BCUT2D eigenvalue weighted by atomic mass is 16.5. The van der Waals surface area contributed by atoms with Gasteiger partial charge in [-0.2, -0.15) is 5.10 Å². The van der Waals surface area contributed by atoms with Gasteiger partial charge in [-0.1, -0.05) is 18.2 Å². The van der Waals surface area contributed by atoms with E-state index in [2.05, 4.69) is 10.4 Å². The van der Waals surface area contributed by atoms with E-state index in [1.807, 2.05) is 24.3 Å². The molecule has 0 bridgehead atoms. The first-order valence-corrected chi connectivity index (χ1v) is 7.73.